The number of hydrogen-bond donors (Lipinski definition) is 0. The van der Waals surface area contributed by atoms with E-state index in [2.05, 4.69) is 15.9 Å². The highest BCUT2D eigenvalue weighted by atomic mass is 79.9. The summed E-state index contributed by atoms with van der Waals surface area (Å²) in [7, 11) is 0. The molecule has 33 heavy (non-hydrogen) atoms. The van der Waals surface area contributed by atoms with Crippen molar-refractivity contribution < 1.29 is 19.0 Å². The minimum atomic E-state index is -0.247. The number of ether oxygens (including phenoxy) is 3. The van der Waals surface area contributed by atoms with Gasteiger partial charge < -0.3 is 19.1 Å². The first kappa shape index (κ1) is 23.2. The van der Waals surface area contributed by atoms with Crippen LogP contribution in [0.2, 0.25) is 0 Å². The van der Waals surface area contributed by atoms with E-state index >= 15 is 0 Å². The first-order valence-corrected chi connectivity index (χ1v) is 12.0. The van der Waals surface area contributed by atoms with Crippen molar-refractivity contribution in [3.63, 3.8) is 0 Å². The molecular weight excluding hydrogens is 482 g/mol. The SMILES string of the molecule is CCOc1ccc(OCC(c2ccc(OC(C)C)cc2)N2Cc3cc(Br)ccc3C2=O)cc1. The fraction of sp³-hybridized carbons (Fsp3) is 0.296. The minimum Gasteiger partial charge on any atom is -0.494 e. The van der Waals surface area contributed by atoms with E-state index in [1.165, 1.54) is 0 Å². The Hall–Kier alpha value is -2.99. The molecule has 0 saturated heterocycles. The molecule has 4 rings (SSSR count). The number of hydrogen-bond acceptors (Lipinski definition) is 4. The Morgan fingerprint density at radius 3 is 2.18 bits per heavy atom. The maximum Gasteiger partial charge on any atom is 0.255 e. The van der Waals surface area contributed by atoms with Crippen molar-refractivity contribution >= 4 is 21.8 Å². The summed E-state index contributed by atoms with van der Waals surface area (Å²) < 4.78 is 18.4. The van der Waals surface area contributed by atoms with Gasteiger partial charge in [-0.3, -0.25) is 4.79 Å². The zero-order valence-corrected chi connectivity index (χ0v) is 20.7. The molecule has 1 aliphatic heterocycles. The van der Waals surface area contributed by atoms with E-state index in [0.29, 0.717) is 19.8 Å². The molecule has 172 valence electrons. The van der Waals surface area contributed by atoms with Gasteiger partial charge in [0.15, 0.2) is 0 Å². The van der Waals surface area contributed by atoms with Gasteiger partial charge in [0, 0.05) is 16.6 Å². The predicted molar refractivity (Wildman–Crippen MR) is 132 cm³/mol. The molecule has 0 saturated carbocycles. The summed E-state index contributed by atoms with van der Waals surface area (Å²) in [5.74, 6) is 2.35. The van der Waals surface area contributed by atoms with Crippen molar-refractivity contribution in [2.24, 2.45) is 0 Å². The Morgan fingerprint density at radius 2 is 1.55 bits per heavy atom. The first-order valence-electron chi connectivity index (χ1n) is 11.2. The van der Waals surface area contributed by atoms with E-state index in [9.17, 15) is 4.79 Å². The third-order valence-corrected chi connectivity index (χ3v) is 5.95. The summed E-state index contributed by atoms with van der Waals surface area (Å²) in [5, 5.41) is 0. The Bertz CT molecular complexity index is 1100. The highest BCUT2D eigenvalue weighted by Crippen LogP contribution is 2.34. The summed E-state index contributed by atoms with van der Waals surface area (Å²) in [6, 6.07) is 21.0. The number of nitrogens with zero attached hydrogens (tertiary/aromatic N) is 1. The first-order chi connectivity index (χ1) is 15.9. The Balaban J connectivity index is 1.57. The van der Waals surface area contributed by atoms with Crippen LogP contribution < -0.4 is 14.2 Å². The normalized spacial score (nSPS) is 13.7. The molecule has 0 N–H and O–H groups in total. The van der Waals surface area contributed by atoms with Gasteiger partial charge in [0.1, 0.15) is 23.9 Å². The van der Waals surface area contributed by atoms with Crippen LogP contribution in [0.15, 0.2) is 71.2 Å². The van der Waals surface area contributed by atoms with Crippen LogP contribution in [0.5, 0.6) is 17.2 Å². The summed E-state index contributed by atoms with van der Waals surface area (Å²) in [6.07, 6.45) is 0.0998. The smallest absolute Gasteiger partial charge is 0.255 e. The summed E-state index contributed by atoms with van der Waals surface area (Å²) in [5.41, 5.74) is 2.75. The Kier molecular flexibility index (Phi) is 7.23. The average Bonchev–Trinajstić information content (AvgIpc) is 3.11. The molecule has 0 aromatic heterocycles. The van der Waals surface area contributed by atoms with Gasteiger partial charge in [-0.15, -0.1) is 0 Å². The fourth-order valence-corrected chi connectivity index (χ4v) is 4.35. The second-order valence-corrected chi connectivity index (χ2v) is 9.12. The van der Waals surface area contributed by atoms with Gasteiger partial charge in [-0.25, -0.2) is 0 Å². The molecule has 0 radical (unpaired) electrons. The van der Waals surface area contributed by atoms with Crippen LogP contribution in [0, 0.1) is 0 Å². The third kappa shape index (κ3) is 5.50. The molecule has 0 bridgehead atoms. The maximum absolute atomic E-state index is 13.3. The van der Waals surface area contributed by atoms with Crippen LogP contribution in [0.1, 0.15) is 48.3 Å². The summed E-state index contributed by atoms with van der Waals surface area (Å²) in [4.78, 5) is 15.2. The molecule has 6 heteroatoms. The molecule has 3 aromatic carbocycles. The van der Waals surface area contributed by atoms with Crippen molar-refractivity contribution in [3.8, 4) is 17.2 Å². The fourth-order valence-electron chi connectivity index (χ4n) is 3.94. The maximum atomic E-state index is 13.3. The zero-order valence-electron chi connectivity index (χ0n) is 19.1. The van der Waals surface area contributed by atoms with Crippen molar-refractivity contribution in [2.75, 3.05) is 13.2 Å². The molecule has 1 aliphatic rings. The molecule has 1 heterocycles. The number of amides is 1. The van der Waals surface area contributed by atoms with E-state index < -0.39 is 0 Å². The molecule has 0 spiro atoms. The van der Waals surface area contributed by atoms with Gasteiger partial charge >= 0.3 is 0 Å². The van der Waals surface area contributed by atoms with Crippen LogP contribution in [0.3, 0.4) is 0 Å². The largest absolute Gasteiger partial charge is 0.494 e. The number of halogens is 1. The molecule has 0 fully saturated rings. The van der Waals surface area contributed by atoms with E-state index in [4.69, 9.17) is 14.2 Å². The van der Waals surface area contributed by atoms with Crippen LogP contribution in [-0.4, -0.2) is 30.1 Å². The third-order valence-electron chi connectivity index (χ3n) is 5.45. The van der Waals surface area contributed by atoms with Crippen molar-refractivity contribution in [2.45, 2.75) is 39.5 Å². The highest BCUT2D eigenvalue weighted by Gasteiger charge is 2.34. The van der Waals surface area contributed by atoms with E-state index in [1.54, 1.807) is 0 Å². The van der Waals surface area contributed by atoms with E-state index in [-0.39, 0.29) is 18.1 Å². The van der Waals surface area contributed by atoms with Gasteiger partial charge in [-0.05, 0) is 86.5 Å². The van der Waals surface area contributed by atoms with Gasteiger partial charge in [-0.2, -0.15) is 0 Å². The summed E-state index contributed by atoms with van der Waals surface area (Å²) in [6.45, 7) is 7.44. The monoisotopic (exact) mass is 509 g/mol. The number of benzene rings is 3. The van der Waals surface area contributed by atoms with Crippen molar-refractivity contribution in [1.29, 1.82) is 0 Å². The highest BCUT2D eigenvalue weighted by molar-refractivity contribution is 9.10. The average molecular weight is 510 g/mol. The van der Waals surface area contributed by atoms with Crippen molar-refractivity contribution in [3.05, 3.63) is 87.9 Å². The lowest BCUT2D eigenvalue weighted by atomic mass is 10.1. The molecule has 1 atom stereocenters. The number of carbonyl (C=O) groups excluding carboxylic acids is 1. The summed E-state index contributed by atoms with van der Waals surface area (Å²) >= 11 is 3.51. The van der Waals surface area contributed by atoms with Gasteiger partial charge in [0.05, 0.1) is 18.8 Å². The standard InChI is InChI=1S/C27H28BrNO4/c1-4-31-22-10-12-23(13-11-22)32-17-26(19-5-8-24(9-6-19)33-18(2)3)29-16-20-15-21(28)7-14-25(20)27(29)30/h5-15,18,26H,4,16-17H2,1-3H3. The van der Waals surface area contributed by atoms with E-state index in [1.807, 2.05) is 92.4 Å². The lowest BCUT2D eigenvalue weighted by Crippen LogP contribution is -2.33. The predicted octanol–water partition coefficient (Wildman–Crippen LogP) is 6.41. The molecule has 5 nitrogen and oxygen atoms in total. The van der Waals surface area contributed by atoms with Crippen LogP contribution in [-0.2, 0) is 6.54 Å². The van der Waals surface area contributed by atoms with Crippen molar-refractivity contribution in [1.82, 2.24) is 4.90 Å². The molecule has 0 aliphatic carbocycles. The van der Waals surface area contributed by atoms with Gasteiger partial charge in [0.25, 0.3) is 5.91 Å². The van der Waals surface area contributed by atoms with Crippen LogP contribution in [0.25, 0.3) is 0 Å². The second-order valence-electron chi connectivity index (χ2n) is 8.20. The quantitative estimate of drug-likeness (QED) is 0.334. The van der Waals surface area contributed by atoms with Gasteiger partial charge in [-0.1, -0.05) is 28.1 Å². The Labute approximate surface area is 203 Å². The topological polar surface area (TPSA) is 48.0 Å². The van der Waals surface area contributed by atoms with E-state index in [0.717, 1.165) is 38.4 Å². The Morgan fingerprint density at radius 1 is 0.909 bits per heavy atom. The molecule has 3 aromatic rings. The van der Waals surface area contributed by atoms with Gasteiger partial charge in [0.2, 0.25) is 0 Å². The molecule has 1 amide bonds. The van der Waals surface area contributed by atoms with Crippen LogP contribution >= 0.6 is 15.9 Å². The lowest BCUT2D eigenvalue weighted by molar-refractivity contribution is 0.0635. The number of rotatable bonds is 9. The molecule has 1 unspecified atom stereocenters. The molecular formula is C27H28BrNO4. The zero-order chi connectivity index (χ0) is 23.4. The number of carbonyl (C=O) groups is 1. The minimum absolute atomic E-state index is 0.0142. The second kappa shape index (κ2) is 10.3. The van der Waals surface area contributed by atoms with Crippen LogP contribution in [0.4, 0.5) is 0 Å². The number of fused-ring (bicyclic) bond motifs is 1. The lowest BCUT2D eigenvalue weighted by Gasteiger charge is -2.28.